The van der Waals surface area contributed by atoms with Crippen LogP contribution in [-0.2, 0) is 6.54 Å². The van der Waals surface area contributed by atoms with Gasteiger partial charge in [0.2, 0.25) is 0 Å². The van der Waals surface area contributed by atoms with Crippen molar-refractivity contribution in [2.45, 2.75) is 12.1 Å². The van der Waals surface area contributed by atoms with Crippen molar-refractivity contribution in [3.05, 3.63) is 30.5 Å². The SMILES string of the molecule is Nc1ccc2ccn(CCSC(F)(F)F)c2c1. The predicted octanol–water partition coefficient (Wildman–Crippen LogP) is 3.48. The number of aromatic nitrogens is 1. The molecule has 2 N–H and O–H groups in total. The van der Waals surface area contributed by atoms with Crippen LogP contribution >= 0.6 is 11.8 Å². The van der Waals surface area contributed by atoms with Gasteiger partial charge in [0.05, 0.1) is 5.52 Å². The molecule has 1 aromatic carbocycles. The van der Waals surface area contributed by atoms with Crippen LogP contribution < -0.4 is 5.73 Å². The van der Waals surface area contributed by atoms with Crippen molar-refractivity contribution in [1.29, 1.82) is 0 Å². The maximum atomic E-state index is 12.0. The molecule has 0 aliphatic heterocycles. The third kappa shape index (κ3) is 3.09. The van der Waals surface area contributed by atoms with E-state index in [2.05, 4.69) is 0 Å². The summed E-state index contributed by atoms with van der Waals surface area (Å²) in [6.07, 6.45) is 1.78. The Kier molecular flexibility index (Phi) is 3.24. The van der Waals surface area contributed by atoms with E-state index in [-0.39, 0.29) is 17.5 Å². The number of aryl methyl sites for hydroxylation is 1. The Hall–Kier alpha value is -1.30. The second kappa shape index (κ2) is 4.52. The van der Waals surface area contributed by atoms with E-state index in [4.69, 9.17) is 5.73 Å². The van der Waals surface area contributed by atoms with E-state index >= 15 is 0 Å². The summed E-state index contributed by atoms with van der Waals surface area (Å²) in [4.78, 5) is 0. The van der Waals surface area contributed by atoms with Gasteiger partial charge in [0.1, 0.15) is 0 Å². The topological polar surface area (TPSA) is 30.9 Å². The highest BCUT2D eigenvalue weighted by molar-refractivity contribution is 8.00. The van der Waals surface area contributed by atoms with Crippen molar-refractivity contribution >= 4 is 28.4 Å². The molecule has 0 aliphatic rings. The molecule has 0 aliphatic carbocycles. The van der Waals surface area contributed by atoms with Gasteiger partial charge in [-0.15, -0.1) is 0 Å². The van der Waals surface area contributed by atoms with Crippen LogP contribution in [0.25, 0.3) is 10.9 Å². The molecule has 2 aromatic rings. The van der Waals surface area contributed by atoms with E-state index in [9.17, 15) is 13.2 Å². The van der Waals surface area contributed by atoms with Gasteiger partial charge in [-0.25, -0.2) is 0 Å². The number of nitrogens with two attached hydrogens (primary N) is 1. The van der Waals surface area contributed by atoms with Crippen molar-refractivity contribution in [1.82, 2.24) is 4.57 Å². The monoisotopic (exact) mass is 260 g/mol. The van der Waals surface area contributed by atoms with Crippen LogP contribution in [0.4, 0.5) is 18.9 Å². The van der Waals surface area contributed by atoms with Crippen LogP contribution in [-0.4, -0.2) is 15.8 Å². The zero-order chi connectivity index (χ0) is 12.5. The largest absolute Gasteiger partial charge is 0.441 e. The molecule has 0 unspecified atom stereocenters. The maximum Gasteiger partial charge on any atom is 0.441 e. The highest BCUT2D eigenvalue weighted by atomic mass is 32.2. The lowest BCUT2D eigenvalue weighted by Gasteiger charge is -2.07. The molecule has 6 heteroatoms. The summed E-state index contributed by atoms with van der Waals surface area (Å²) in [5.74, 6) is 0.00206. The third-order valence-corrected chi connectivity index (χ3v) is 3.11. The Balaban J connectivity index is 2.11. The van der Waals surface area contributed by atoms with Crippen molar-refractivity contribution in [2.75, 3.05) is 11.5 Å². The van der Waals surface area contributed by atoms with Crippen LogP contribution in [0.3, 0.4) is 0 Å². The lowest BCUT2D eigenvalue weighted by atomic mass is 10.2. The van der Waals surface area contributed by atoms with E-state index in [1.807, 2.05) is 12.1 Å². The summed E-state index contributed by atoms with van der Waals surface area (Å²) in [5, 5.41) is 0.983. The van der Waals surface area contributed by atoms with Crippen molar-refractivity contribution < 1.29 is 13.2 Å². The minimum atomic E-state index is -4.16. The molecule has 1 aromatic heterocycles. The van der Waals surface area contributed by atoms with Gasteiger partial charge in [0, 0.05) is 24.2 Å². The molecular formula is C11H11F3N2S. The van der Waals surface area contributed by atoms with Crippen molar-refractivity contribution in [3.8, 4) is 0 Å². The second-order valence-electron chi connectivity index (χ2n) is 3.62. The number of thioether (sulfide) groups is 1. The maximum absolute atomic E-state index is 12.0. The van der Waals surface area contributed by atoms with Gasteiger partial charge in [-0.05, 0) is 35.3 Å². The number of nitrogen functional groups attached to an aromatic ring is 1. The molecule has 1 heterocycles. The van der Waals surface area contributed by atoms with E-state index in [1.165, 1.54) is 0 Å². The highest BCUT2D eigenvalue weighted by Crippen LogP contribution is 2.30. The molecule has 2 rings (SSSR count). The van der Waals surface area contributed by atoms with Gasteiger partial charge in [0.15, 0.2) is 0 Å². The highest BCUT2D eigenvalue weighted by Gasteiger charge is 2.27. The van der Waals surface area contributed by atoms with Gasteiger partial charge >= 0.3 is 5.51 Å². The van der Waals surface area contributed by atoms with E-state index < -0.39 is 5.51 Å². The van der Waals surface area contributed by atoms with E-state index in [0.29, 0.717) is 12.2 Å². The summed E-state index contributed by atoms with van der Waals surface area (Å²) in [6, 6.07) is 7.27. The average molecular weight is 260 g/mol. The van der Waals surface area contributed by atoms with Gasteiger partial charge in [-0.1, -0.05) is 6.07 Å². The number of rotatable bonds is 3. The quantitative estimate of drug-likeness (QED) is 0.856. The van der Waals surface area contributed by atoms with Gasteiger partial charge < -0.3 is 10.3 Å². The van der Waals surface area contributed by atoms with Crippen LogP contribution in [0.15, 0.2) is 30.5 Å². The Morgan fingerprint density at radius 1 is 1.24 bits per heavy atom. The lowest BCUT2D eigenvalue weighted by molar-refractivity contribution is -0.0328. The molecular weight excluding hydrogens is 249 g/mol. The number of hydrogen-bond acceptors (Lipinski definition) is 2. The summed E-state index contributed by atoms with van der Waals surface area (Å²) in [5.41, 5.74) is 2.97. The smallest absolute Gasteiger partial charge is 0.399 e. The molecule has 0 atom stereocenters. The van der Waals surface area contributed by atoms with Crippen LogP contribution in [0, 0.1) is 0 Å². The fourth-order valence-corrected chi connectivity index (χ4v) is 2.18. The fraction of sp³-hybridized carbons (Fsp3) is 0.273. The van der Waals surface area contributed by atoms with Crippen LogP contribution in [0.2, 0.25) is 0 Å². The Labute approximate surface area is 101 Å². The minimum Gasteiger partial charge on any atom is -0.399 e. The zero-order valence-electron chi connectivity index (χ0n) is 8.87. The van der Waals surface area contributed by atoms with Crippen LogP contribution in [0.5, 0.6) is 0 Å². The number of benzene rings is 1. The normalized spacial score (nSPS) is 12.2. The fourth-order valence-electron chi connectivity index (χ4n) is 1.66. The Bertz CT molecular complexity index is 519. The first kappa shape index (κ1) is 12.2. The second-order valence-corrected chi connectivity index (χ2v) is 4.78. The molecule has 92 valence electrons. The average Bonchev–Trinajstić information content (AvgIpc) is 2.59. The third-order valence-electron chi connectivity index (χ3n) is 2.40. The van der Waals surface area contributed by atoms with Gasteiger partial charge in [0.25, 0.3) is 0 Å². The van der Waals surface area contributed by atoms with Gasteiger partial charge in [-0.2, -0.15) is 13.2 Å². The number of anilines is 1. The first-order valence-electron chi connectivity index (χ1n) is 5.01. The Morgan fingerprint density at radius 2 is 2.00 bits per heavy atom. The van der Waals surface area contributed by atoms with Gasteiger partial charge in [-0.3, -0.25) is 0 Å². The summed E-state index contributed by atoms with van der Waals surface area (Å²) >= 11 is -0.00752. The zero-order valence-corrected chi connectivity index (χ0v) is 9.68. The summed E-state index contributed by atoms with van der Waals surface area (Å²) < 4.78 is 37.8. The predicted molar refractivity (Wildman–Crippen MR) is 64.9 cm³/mol. The molecule has 0 radical (unpaired) electrons. The van der Waals surface area contributed by atoms with Crippen molar-refractivity contribution in [3.63, 3.8) is 0 Å². The molecule has 17 heavy (non-hydrogen) atoms. The molecule has 0 fully saturated rings. The number of nitrogens with zero attached hydrogens (tertiary/aromatic N) is 1. The first-order valence-corrected chi connectivity index (χ1v) is 5.99. The lowest BCUT2D eigenvalue weighted by Crippen LogP contribution is -2.06. The molecule has 0 bridgehead atoms. The summed E-state index contributed by atoms with van der Waals surface area (Å²) in [7, 11) is 0. The summed E-state index contributed by atoms with van der Waals surface area (Å²) in [6.45, 7) is 0.317. The minimum absolute atomic E-state index is 0.00206. The number of alkyl halides is 3. The number of hydrogen-bond donors (Lipinski definition) is 1. The number of fused-ring (bicyclic) bond motifs is 1. The molecule has 0 amide bonds. The van der Waals surface area contributed by atoms with Crippen molar-refractivity contribution in [2.24, 2.45) is 0 Å². The molecule has 0 saturated heterocycles. The standard InChI is InChI=1S/C11H11F3N2S/c12-11(13,14)17-6-5-16-4-3-8-1-2-9(15)7-10(8)16/h1-4,7H,5-6,15H2. The molecule has 0 saturated carbocycles. The van der Waals surface area contributed by atoms with E-state index in [0.717, 1.165) is 10.9 Å². The first-order chi connectivity index (χ1) is 7.96. The molecule has 0 spiro atoms. The van der Waals surface area contributed by atoms with E-state index in [1.54, 1.807) is 22.9 Å². The molecule has 2 nitrogen and oxygen atoms in total. The van der Waals surface area contributed by atoms with Crippen LogP contribution in [0.1, 0.15) is 0 Å². The number of halogens is 3. The Morgan fingerprint density at radius 3 is 2.71 bits per heavy atom.